The molecule has 1 heterocycles. The van der Waals surface area contributed by atoms with E-state index in [-0.39, 0.29) is 27.1 Å². The number of carbonyl (C=O) groups is 1. The lowest BCUT2D eigenvalue weighted by Crippen LogP contribution is -2.42. The molecule has 0 bridgehead atoms. The zero-order chi connectivity index (χ0) is 28.9. The van der Waals surface area contributed by atoms with Crippen molar-refractivity contribution in [3.8, 4) is 11.5 Å². The number of nitrogens with one attached hydrogen (secondary N) is 2. The lowest BCUT2D eigenvalue weighted by Gasteiger charge is -2.32. The van der Waals surface area contributed by atoms with Crippen LogP contribution in [0.2, 0.25) is 0 Å². The Morgan fingerprint density at radius 2 is 1.62 bits per heavy atom. The molecule has 1 atom stereocenters. The highest BCUT2D eigenvalue weighted by Gasteiger charge is 2.33. The molecule has 3 aromatic rings. The smallest absolute Gasteiger partial charge is 0.261 e. The van der Waals surface area contributed by atoms with Gasteiger partial charge in [0.25, 0.3) is 15.9 Å². The van der Waals surface area contributed by atoms with E-state index < -0.39 is 26.0 Å². The molecule has 1 aliphatic rings. The Balaban J connectivity index is 1.49. The molecule has 1 aliphatic heterocycles. The van der Waals surface area contributed by atoms with Crippen molar-refractivity contribution < 1.29 is 31.1 Å². The third-order valence-corrected chi connectivity index (χ3v) is 10.0. The molecule has 0 aliphatic carbocycles. The van der Waals surface area contributed by atoms with E-state index in [0.29, 0.717) is 30.3 Å². The Bertz CT molecular complexity index is 1560. The highest BCUT2D eigenvalue weighted by molar-refractivity contribution is 7.92. The van der Waals surface area contributed by atoms with Gasteiger partial charge in [-0.25, -0.2) is 16.8 Å². The summed E-state index contributed by atoms with van der Waals surface area (Å²) < 4.78 is 67.2. The topological polar surface area (TPSA) is 131 Å². The number of ether oxygens (including phenoxy) is 2. The van der Waals surface area contributed by atoms with E-state index in [0.717, 1.165) is 19.3 Å². The lowest BCUT2D eigenvalue weighted by molar-refractivity contribution is 0.102. The number of carbonyl (C=O) groups excluding carboxylic acids is 1. The average Bonchev–Trinajstić information content (AvgIpc) is 2.94. The van der Waals surface area contributed by atoms with Crippen molar-refractivity contribution >= 4 is 37.3 Å². The van der Waals surface area contributed by atoms with E-state index in [9.17, 15) is 21.6 Å². The van der Waals surface area contributed by atoms with Crippen molar-refractivity contribution in [1.29, 1.82) is 0 Å². The van der Waals surface area contributed by atoms with Crippen LogP contribution in [-0.2, 0) is 20.0 Å². The summed E-state index contributed by atoms with van der Waals surface area (Å²) in [6, 6.07) is 16.3. The summed E-state index contributed by atoms with van der Waals surface area (Å²) in [5.74, 6) is 0.242. The number of benzene rings is 3. The molecule has 0 radical (unpaired) electrons. The van der Waals surface area contributed by atoms with Crippen molar-refractivity contribution in [2.45, 2.75) is 48.9 Å². The third kappa shape index (κ3) is 6.57. The largest absolute Gasteiger partial charge is 0.495 e. The summed E-state index contributed by atoms with van der Waals surface area (Å²) in [6.45, 7) is 4.64. The summed E-state index contributed by atoms with van der Waals surface area (Å²) in [4.78, 5) is 13.0. The second-order valence-corrected chi connectivity index (χ2v) is 12.9. The Morgan fingerprint density at radius 1 is 0.950 bits per heavy atom. The third-order valence-electron chi connectivity index (χ3n) is 6.59. The van der Waals surface area contributed by atoms with E-state index in [1.54, 1.807) is 24.3 Å². The molecule has 1 fully saturated rings. The van der Waals surface area contributed by atoms with E-state index in [1.807, 2.05) is 13.8 Å². The molecule has 0 aromatic heterocycles. The maximum atomic E-state index is 13.5. The molecule has 4 rings (SSSR count). The van der Waals surface area contributed by atoms with E-state index in [1.165, 1.54) is 53.9 Å². The molecule has 214 valence electrons. The molecule has 40 heavy (non-hydrogen) atoms. The van der Waals surface area contributed by atoms with Gasteiger partial charge in [-0.2, -0.15) is 4.31 Å². The predicted molar refractivity (Wildman–Crippen MR) is 153 cm³/mol. The van der Waals surface area contributed by atoms with Gasteiger partial charge in [-0.05, 0) is 93.4 Å². The van der Waals surface area contributed by atoms with Gasteiger partial charge in [0.05, 0.1) is 18.6 Å². The highest BCUT2D eigenvalue weighted by atomic mass is 32.2. The first-order chi connectivity index (χ1) is 19.0. The number of nitrogens with zero attached hydrogens (tertiary/aromatic N) is 1. The second kappa shape index (κ2) is 12.3. The Kier molecular flexibility index (Phi) is 9.02. The second-order valence-electron chi connectivity index (χ2n) is 9.37. The zero-order valence-electron chi connectivity index (χ0n) is 22.6. The quantitative estimate of drug-likeness (QED) is 0.351. The molecule has 0 spiro atoms. The van der Waals surface area contributed by atoms with Crippen LogP contribution >= 0.6 is 0 Å². The molecule has 12 heteroatoms. The van der Waals surface area contributed by atoms with Gasteiger partial charge in [0.1, 0.15) is 16.4 Å². The summed E-state index contributed by atoms with van der Waals surface area (Å²) in [6.07, 6.45) is 2.50. The van der Waals surface area contributed by atoms with Crippen LogP contribution in [0.3, 0.4) is 0 Å². The Labute approximate surface area is 235 Å². The Morgan fingerprint density at radius 3 is 2.25 bits per heavy atom. The fourth-order valence-electron chi connectivity index (χ4n) is 4.50. The number of anilines is 2. The van der Waals surface area contributed by atoms with Crippen molar-refractivity contribution in [3.63, 3.8) is 0 Å². The van der Waals surface area contributed by atoms with Gasteiger partial charge in [-0.1, -0.05) is 6.42 Å². The van der Waals surface area contributed by atoms with Gasteiger partial charge in [0.15, 0.2) is 0 Å². The first-order valence-electron chi connectivity index (χ1n) is 12.9. The number of rotatable bonds is 10. The molecule has 2 N–H and O–H groups in total. The van der Waals surface area contributed by atoms with Crippen LogP contribution in [0.1, 0.15) is 43.5 Å². The summed E-state index contributed by atoms with van der Waals surface area (Å²) >= 11 is 0. The summed E-state index contributed by atoms with van der Waals surface area (Å²) in [5.41, 5.74) is 0.845. The minimum Gasteiger partial charge on any atom is -0.495 e. The number of methoxy groups -OCH3 is 1. The molecule has 1 saturated heterocycles. The number of hydrogen-bond acceptors (Lipinski definition) is 7. The van der Waals surface area contributed by atoms with Crippen LogP contribution in [0.15, 0.2) is 76.5 Å². The first-order valence-corrected chi connectivity index (χ1v) is 15.8. The van der Waals surface area contributed by atoms with Crippen molar-refractivity contribution in [1.82, 2.24) is 4.31 Å². The van der Waals surface area contributed by atoms with Crippen LogP contribution in [0.5, 0.6) is 11.5 Å². The van der Waals surface area contributed by atoms with Crippen molar-refractivity contribution in [2.75, 3.05) is 30.3 Å². The highest BCUT2D eigenvalue weighted by Crippen LogP contribution is 2.32. The van der Waals surface area contributed by atoms with Gasteiger partial charge in [0, 0.05) is 29.5 Å². The van der Waals surface area contributed by atoms with Crippen LogP contribution < -0.4 is 19.5 Å². The molecular weight excluding hydrogens is 554 g/mol. The maximum absolute atomic E-state index is 13.5. The van der Waals surface area contributed by atoms with Gasteiger partial charge in [0.2, 0.25) is 10.0 Å². The zero-order valence-corrected chi connectivity index (χ0v) is 24.2. The number of hydrogen-bond donors (Lipinski definition) is 2. The van der Waals surface area contributed by atoms with Gasteiger partial charge < -0.3 is 14.8 Å². The van der Waals surface area contributed by atoms with Crippen LogP contribution in [0.4, 0.5) is 11.4 Å². The fraction of sp³-hybridized carbons (Fsp3) is 0.321. The van der Waals surface area contributed by atoms with Crippen molar-refractivity contribution in [3.05, 3.63) is 72.3 Å². The number of sulfonamides is 2. The molecule has 3 aromatic carbocycles. The molecule has 0 unspecified atom stereocenters. The molecule has 1 amide bonds. The Hall–Kier alpha value is -3.61. The van der Waals surface area contributed by atoms with Gasteiger partial charge in [-0.15, -0.1) is 0 Å². The summed E-state index contributed by atoms with van der Waals surface area (Å²) in [7, 11) is -6.38. The van der Waals surface area contributed by atoms with Crippen molar-refractivity contribution in [2.24, 2.45) is 0 Å². The molecule has 10 nitrogen and oxygen atoms in total. The standard InChI is InChI=1S/C28H33N3O7S2/c1-4-38-24-13-9-23(10-14-24)30-39(33,34)25-15-11-22(12-16-25)29-28(32)21-8-17-26(37-3)27(19-21)40(35,36)31-18-6-5-7-20(31)2/h8-17,19-20,30H,4-7,18H2,1-3H3,(H,29,32)/t20-/m0/s1. The first kappa shape index (κ1) is 29.4. The monoisotopic (exact) mass is 587 g/mol. The average molecular weight is 588 g/mol. The fourth-order valence-corrected chi connectivity index (χ4v) is 7.44. The van der Waals surface area contributed by atoms with Gasteiger partial charge in [-0.3, -0.25) is 9.52 Å². The minimum absolute atomic E-state index is 0.00728. The SMILES string of the molecule is CCOc1ccc(NS(=O)(=O)c2ccc(NC(=O)c3ccc(OC)c(S(=O)(=O)N4CCCC[C@@H]4C)c3)cc2)cc1. The molecule has 0 saturated carbocycles. The van der Waals surface area contributed by atoms with E-state index in [2.05, 4.69) is 10.0 Å². The van der Waals surface area contributed by atoms with Crippen LogP contribution in [0.25, 0.3) is 0 Å². The van der Waals surface area contributed by atoms with Gasteiger partial charge >= 0.3 is 0 Å². The van der Waals surface area contributed by atoms with Crippen LogP contribution in [-0.4, -0.2) is 53.4 Å². The normalized spacial score (nSPS) is 16.2. The maximum Gasteiger partial charge on any atom is 0.261 e. The lowest BCUT2D eigenvalue weighted by atomic mass is 10.1. The predicted octanol–water partition coefficient (Wildman–Crippen LogP) is 4.71. The van der Waals surface area contributed by atoms with E-state index >= 15 is 0 Å². The minimum atomic E-state index is -3.89. The van der Waals surface area contributed by atoms with Crippen LogP contribution in [0, 0.1) is 0 Å². The summed E-state index contributed by atoms with van der Waals surface area (Å²) in [5, 5.41) is 2.69. The van der Waals surface area contributed by atoms with E-state index in [4.69, 9.17) is 9.47 Å². The molecular formula is C28H33N3O7S2. The number of piperidine rings is 1. The number of amides is 1.